The SMILES string of the molecule is Cc1ncc(CN[C@@H](CN(C)C)c2ccc(Cl)cc2)s1. The molecular formula is C15H20ClN3S. The van der Waals surface area contributed by atoms with E-state index in [2.05, 4.69) is 41.4 Å². The number of aryl methyl sites for hydroxylation is 1. The maximum absolute atomic E-state index is 5.96. The molecule has 0 aliphatic rings. The third-order valence-corrected chi connectivity index (χ3v) is 4.18. The molecule has 0 unspecified atom stereocenters. The zero-order valence-electron chi connectivity index (χ0n) is 12.1. The molecule has 2 aromatic rings. The van der Waals surface area contributed by atoms with Gasteiger partial charge in [0, 0.05) is 35.2 Å². The van der Waals surface area contributed by atoms with Gasteiger partial charge in [0.1, 0.15) is 0 Å². The Balaban J connectivity index is 2.05. The Morgan fingerprint density at radius 3 is 2.55 bits per heavy atom. The van der Waals surface area contributed by atoms with Crippen molar-refractivity contribution < 1.29 is 0 Å². The molecule has 1 N–H and O–H groups in total. The summed E-state index contributed by atoms with van der Waals surface area (Å²) >= 11 is 7.70. The van der Waals surface area contributed by atoms with Gasteiger partial charge >= 0.3 is 0 Å². The van der Waals surface area contributed by atoms with Gasteiger partial charge in [0.25, 0.3) is 0 Å². The van der Waals surface area contributed by atoms with E-state index >= 15 is 0 Å². The van der Waals surface area contributed by atoms with Crippen LogP contribution in [0.15, 0.2) is 30.5 Å². The van der Waals surface area contributed by atoms with Crippen LogP contribution >= 0.6 is 22.9 Å². The molecular weight excluding hydrogens is 290 g/mol. The lowest BCUT2D eigenvalue weighted by molar-refractivity contribution is 0.341. The van der Waals surface area contributed by atoms with Crippen molar-refractivity contribution in [1.82, 2.24) is 15.2 Å². The summed E-state index contributed by atoms with van der Waals surface area (Å²) in [5.74, 6) is 0. The summed E-state index contributed by atoms with van der Waals surface area (Å²) in [5.41, 5.74) is 1.25. The normalized spacial score (nSPS) is 12.8. The highest BCUT2D eigenvalue weighted by molar-refractivity contribution is 7.11. The number of nitrogens with one attached hydrogen (secondary N) is 1. The Bertz CT molecular complexity index is 536. The van der Waals surface area contributed by atoms with Crippen molar-refractivity contribution in [2.24, 2.45) is 0 Å². The lowest BCUT2D eigenvalue weighted by Crippen LogP contribution is -2.30. The van der Waals surface area contributed by atoms with Gasteiger partial charge in [-0.15, -0.1) is 11.3 Å². The van der Waals surface area contributed by atoms with Gasteiger partial charge in [-0.3, -0.25) is 0 Å². The molecule has 3 nitrogen and oxygen atoms in total. The van der Waals surface area contributed by atoms with E-state index in [0.717, 1.165) is 23.1 Å². The molecule has 0 bridgehead atoms. The predicted octanol–water partition coefficient (Wildman–Crippen LogP) is 3.50. The molecule has 108 valence electrons. The maximum Gasteiger partial charge on any atom is 0.0897 e. The standard InChI is InChI=1S/C15H20ClN3S/c1-11-17-8-14(20-11)9-18-15(10-19(2)3)12-4-6-13(16)7-5-12/h4-8,15,18H,9-10H2,1-3H3/t15-/m0/s1. The van der Waals surface area contributed by atoms with Gasteiger partial charge < -0.3 is 10.2 Å². The third-order valence-electron chi connectivity index (χ3n) is 3.01. The van der Waals surface area contributed by atoms with E-state index in [1.807, 2.05) is 25.3 Å². The molecule has 1 heterocycles. The monoisotopic (exact) mass is 309 g/mol. The number of likely N-dealkylation sites (N-methyl/N-ethyl adjacent to an activating group) is 1. The zero-order chi connectivity index (χ0) is 14.5. The van der Waals surface area contributed by atoms with Crippen molar-refractivity contribution in [2.45, 2.75) is 19.5 Å². The first kappa shape index (κ1) is 15.4. The molecule has 1 atom stereocenters. The largest absolute Gasteiger partial charge is 0.308 e. The molecule has 0 saturated heterocycles. The first-order valence-electron chi connectivity index (χ1n) is 6.59. The van der Waals surface area contributed by atoms with Crippen molar-refractivity contribution in [3.8, 4) is 0 Å². The van der Waals surface area contributed by atoms with Crippen molar-refractivity contribution in [1.29, 1.82) is 0 Å². The second-order valence-corrected chi connectivity index (χ2v) is 6.85. The van der Waals surface area contributed by atoms with Crippen molar-refractivity contribution in [3.05, 3.63) is 50.9 Å². The second kappa shape index (κ2) is 7.18. The summed E-state index contributed by atoms with van der Waals surface area (Å²) in [4.78, 5) is 7.74. The molecule has 0 amide bonds. The first-order chi connectivity index (χ1) is 9.54. The van der Waals surface area contributed by atoms with E-state index in [4.69, 9.17) is 11.6 Å². The fraction of sp³-hybridized carbons (Fsp3) is 0.400. The van der Waals surface area contributed by atoms with Crippen LogP contribution in [0.3, 0.4) is 0 Å². The van der Waals surface area contributed by atoms with Gasteiger partial charge in [-0.1, -0.05) is 23.7 Å². The van der Waals surface area contributed by atoms with Crippen LogP contribution in [0.5, 0.6) is 0 Å². The fourth-order valence-electron chi connectivity index (χ4n) is 2.06. The minimum atomic E-state index is 0.282. The molecule has 0 fully saturated rings. The van der Waals surface area contributed by atoms with Crippen LogP contribution in [0.4, 0.5) is 0 Å². The highest BCUT2D eigenvalue weighted by Gasteiger charge is 2.12. The molecule has 0 aliphatic carbocycles. The summed E-state index contributed by atoms with van der Waals surface area (Å²) in [6.45, 7) is 3.82. The van der Waals surface area contributed by atoms with E-state index in [1.165, 1.54) is 10.4 Å². The average molecular weight is 310 g/mol. The number of nitrogens with zero attached hydrogens (tertiary/aromatic N) is 2. The summed E-state index contributed by atoms with van der Waals surface area (Å²) in [7, 11) is 4.17. The van der Waals surface area contributed by atoms with Crippen LogP contribution in [-0.4, -0.2) is 30.5 Å². The van der Waals surface area contributed by atoms with Crippen LogP contribution in [-0.2, 0) is 6.54 Å². The number of hydrogen-bond acceptors (Lipinski definition) is 4. The number of hydrogen-bond donors (Lipinski definition) is 1. The Hall–Kier alpha value is -0.940. The Morgan fingerprint density at radius 1 is 1.30 bits per heavy atom. The number of halogens is 1. The summed E-state index contributed by atoms with van der Waals surface area (Å²) in [6, 6.07) is 8.34. The lowest BCUT2D eigenvalue weighted by Gasteiger charge is -2.22. The highest BCUT2D eigenvalue weighted by atomic mass is 35.5. The Kier molecular flexibility index (Phi) is 5.54. The van der Waals surface area contributed by atoms with Crippen LogP contribution in [0.25, 0.3) is 0 Å². The van der Waals surface area contributed by atoms with Crippen LogP contribution in [0.1, 0.15) is 21.5 Å². The third kappa shape index (κ3) is 4.56. The molecule has 1 aromatic heterocycles. The second-order valence-electron chi connectivity index (χ2n) is 5.09. The first-order valence-corrected chi connectivity index (χ1v) is 7.79. The van der Waals surface area contributed by atoms with E-state index in [0.29, 0.717) is 0 Å². The molecule has 5 heteroatoms. The number of benzene rings is 1. The predicted molar refractivity (Wildman–Crippen MR) is 86.4 cm³/mol. The van der Waals surface area contributed by atoms with E-state index in [1.54, 1.807) is 11.3 Å². The molecule has 0 radical (unpaired) electrons. The maximum atomic E-state index is 5.96. The van der Waals surface area contributed by atoms with Crippen molar-refractivity contribution >= 4 is 22.9 Å². The number of aromatic nitrogens is 1. The van der Waals surface area contributed by atoms with Crippen LogP contribution in [0.2, 0.25) is 5.02 Å². The molecule has 0 spiro atoms. The van der Waals surface area contributed by atoms with Crippen LogP contribution < -0.4 is 5.32 Å². The molecule has 1 aromatic carbocycles. The quantitative estimate of drug-likeness (QED) is 0.885. The summed E-state index contributed by atoms with van der Waals surface area (Å²) in [5, 5.41) is 5.48. The van der Waals surface area contributed by atoms with Gasteiger partial charge in [-0.25, -0.2) is 4.98 Å². The van der Waals surface area contributed by atoms with E-state index in [-0.39, 0.29) is 6.04 Å². The number of rotatable bonds is 6. The van der Waals surface area contributed by atoms with Gasteiger partial charge in [0.05, 0.1) is 5.01 Å². The van der Waals surface area contributed by atoms with Gasteiger partial charge in [-0.2, -0.15) is 0 Å². The topological polar surface area (TPSA) is 28.2 Å². The average Bonchev–Trinajstić information content (AvgIpc) is 2.81. The minimum absolute atomic E-state index is 0.282. The Labute approximate surface area is 129 Å². The minimum Gasteiger partial charge on any atom is -0.308 e. The van der Waals surface area contributed by atoms with Gasteiger partial charge in [-0.05, 0) is 38.7 Å². The zero-order valence-corrected chi connectivity index (χ0v) is 13.6. The molecule has 2 rings (SSSR count). The van der Waals surface area contributed by atoms with Crippen LogP contribution in [0, 0.1) is 6.92 Å². The lowest BCUT2D eigenvalue weighted by atomic mass is 10.1. The molecule has 0 saturated carbocycles. The van der Waals surface area contributed by atoms with E-state index < -0.39 is 0 Å². The Morgan fingerprint density at radius 2 is 2.00 bits per heavy atom. The van der Waals surface area contributed by atoms with Gasteiger partial charge in [0.15, 0.2) is 0 Å². The van der Waals surface area contributed by atoms with Crippen molar-refractivity contribution in [3.63, 3.8) is 0 Å². The summed E-state index contributed by atoms with van der Waals surface area (Å²) < 4.78 is 0. The van der Waals surface area contributed by atoms with Crippen molar-refractivity contribution in [2.75, 3.05) is 20.6 Å². The number of thiazole rings is 1. The van der Waals surface area contributed by atoms with Gasteiger partial charge in [0.2, 0.25) is 0 Å². The smallest absolute Gasteiger partial charge is 0.0897 e. The molecule has 0 aliphatic heterocycles. The van der Waals surface area contributed by atoms with E-state index in [9.17, 15) is 0 Å². The molecule has 20 heavy (non-hydrogen) atoms. The fourth-order valence-corrected chi connectivity index (χ4v) is 2.93. The highest BCUT2D eigenvalue weighted by Crippen LogP contribution is 2.19. The summed E-state index contributed by atoms with van der Waals surface area (Å²) in [6.07, 6.45) is 1.95.